The van der Waals surface area contributed by atoms with Crippen molar-refractivity contribution in [2.75, 3.05) is 26.2 Å². The molecule has 21 heavy (non-hydrogen) atoms. The first-order chi connectivity index (χ1) is 10.2. The quantitative estimate of drug-likeness (QED) is 0.865. The number of piperazine rings is 1. The molecule has 2 saturated heterocycles. The van der Waals surface area contributed by atoms with Crippen LogP contribution >= 0.6 is 0 Å². The lowest BCUT2D eigenvalue weighted by molar-refractivity contribution is 0.0357. The zero-order valence-corrected chi connectivity index (χ0v) is 14.1. The Bertz CT molecular complexity index is 332. The van der Waals surface area contributed by atoms with Crippen molar-refractivity contribution in [3.8, 4) is 0 Å². The molecule has 1 saturated carbocycles. The highest BCUT2D eigenvalue weighted by molar-refractivity contribution is 4.93. The minimum Gasteiger partial charge on any atom is -0.327 e. The van der Waals surface area contributed by atoms with Crippen molar-refractivity contribution in [2.24, 2.45) is 17.6 Å². The van der Waals surface area contributed by atoms with Crippen molar-refractivity contribution >= 4 is 0 Å². The van der Waals surface area contributed by atoms with Crippen molar-refractivity contribution < 1.29 is 0 Å². The monoisotopic (exact) mass is 293 g/mol. The van der Waals surface area contributed by atoms with Gasteiger partial charge in [-0.15, -0.1) is 0 Å². The third-order valence-corrected chi connectivity index (χ3v) is 6.38. The van der Waals surface area contributed by atoms with Gasteiger partial charge in [-0.3, -0.25) is 9.80 Å². The number of nitrogens with two attached hydrogens (primary N) is 1. The average molecular weight is 293 g/mol. The minimum atomic E-state index is 0.451. The molecule has 2 aliphatic heterocycles. The summed E-state index contributed by atoms with van der Waals surface area (Å²) in [5, 5.41) is 0. The first-order valence-electron chi connectivity index (χ1n) is 9.41. The first kappa shape index (κ1) is 15.8. The number of hydrogen-bond acceptors (Lipinski definition) is 3. The van der Waals surface area contributed by atoms with Crippen molar-refractivity contribution in [2.45, 2.75) is 76.9 Å². The Kier molecular flexibility index (Phi) is 5.23. The van der Waals surface area contributed by atoms with Gasteiger partial charge in [0, 0.05) is 37.8 Å². The van der Waals surface area contributed by atoms with E-state index in [9.17, 15) is 0 Å². The van der Waals surface area contributed by atoms with Crippen LogP contribution in [0.5, 0.6) is 0 Å². The highest BCUT2D eigenvalue weighted by Gasteiger charge is 2.37. The summed E-state index contributed by atoms with van der Waals surface area (Å²) in [6.45, 7) is 9.92. The molecule has 2 N–H and O–H groups in total. The predicted molar refractivity (Wildman–Crippen MR) is 89.3 cm³/mol. The molecule has 3 fully saturated rings. The predicted octanol–water partition coefficient (Wildman–Crippen LogP) is 2.70. The van der Waals surface area contributed by atoms with Crippen LogP contribution in [0.2, 0.25) is 0 Å². The number of fused-ring (bicyclic) bond motifs is 1. The van der Waals surface area contributed by atoms with Gasteiger partial charge in [0.15, 0.2) is 0 Å². The standard InChI is InChI=1S/C18H35N3/c1-3-5-15-7-8-18(19)16(10-15)12-21-13-17-6-4-9-20(17)11-14(21)2/h14-18H,3-13,19H2,1-2H3. The van der Waals surface area contributed by atoms with Crippen LogP contribution in [0.25, 0.3) is 0 Å². The molecule has 0 aromatic rings. The van der Waals surface area contributed by atoms with Crippen LogP contribution in [0.4, 0.5) is 0 Å². The Balaban J connectivity index is 1.56. The Morgan fingerprint density at radius 2 is 2.00 bits per heavy atom. The average Bonchev–Trinajstić information content (AvgIpc) is 2.90. The van der Waals surface area contributed by atoms with Gasteiger partial charge in [-0.2, -0.15) is 0 Å². The van der Waals surface area contributed by atoms with E-state index < -0.39 is 0 Å². The molecule has 0 aromatic carbocycles. The maximum absolute atomic E-state index is 6.47. The van der Waals surface area contributed by atoms with E-state index in [0.29, 0.717) is 6.04 Å². The first-order valence-corrected chi connectivity index (χ1v) is 9.41. The summed E-state index contributed by atoms with van der Waals surface area (Å²) in [5.74, 6) is 1.69. The van der Waals surface area contributed by atoms with Crippen LogP contribution in [-0.4, -0.2) is 54.1 Å². The van der Waals surface area contributed by atoms with Crippen molar-refractivity contribution in [1.82, 2.24) is 9.80 Å². The number of hydrogen-bond donors (Lipinski definition) is 1. The van der Waals surface area contributed by atoms with Gasteiger partial charge >= 0.3 is 0 Å². The Labute approximate surface area is 131 Å². The molecule has 0 bridgehead atoms. The number of rotatable bonds is 4. The van der Waals surface area contributed by atoms with E-state index in [1.807, 2.05) is 0 Å². The normalized spacial score (nSPS) is 42.1. The lowest BCUT2D eigenvalue weighted by Crippen LogP contribution is -2.57. The molecule has 2 heterocycles. The molecule has 0 aromatic heterocycles. The zero-order valence-electron chi connectivity index (χ0n) is 14.1. The SMILES string of the molecule is CCCC1CCC(N)C(CN2CC3CCCN3CC2C)C1. The maximum atomic E-state index is 6.47. The smallest absolute Gasteiger partial charge is 0.0224 e. The van der Waals surface area contributed by atoms with Gasteiger partial charge in [0.2, 0.25) is 0 Å². The fraction of sp³-hybridized carbons (Fsp3) is 1.00. The van der Waals surface area contributed by atoms with Gasteiger partial charge in [-0.1, -0.05) is 19.8 Å². The van der Waals surface area contributed by atoms with E-state index in [1.165, 1.54) is 71.1 Å². The zero-order chi connectivity index (χ0) is 14.8. The summed E-state index contributed by atoms with van der Waals surface area (Å²) in [7, 11) is 0. The molecule has 1 aliphatic carbocycles. The van der Waals surface area contributed by atoms with Gasteiger partial charge in [0.25, 0.3) is 0 Å². The maximum Gasteiger partial charge on any atom is 0.0224 e. The Hall–Kier alpha value is -0.120. The molecular weight excluding hydrogens is 258 g/mol. The van der Waals surface area contributed by atoms with Crippen LogP contribution in [0.1, 0.15) is 58.8 Å². The fourth-order valence-electron chi connectivity index (χ4n) is 5.07. The largest absolute Gasteiger partial charge is 0.327 e. The summed E-state index contributed by atoms with van der Waals surface area (Å²) >= 11 is 0. The molecule has 0 amide bonds. The van der Waals surface area contributed by atoms with E-state index in [1.54, 1.807) is 0 Å². The van der Waals surface area contributed by atoms with Crippen molar-refractivity contribution in [3.05, 3.63) is 0 Å². The molecule has 0 radical (unpaired) electrons. The summed E-state index contributed by atoms with van der Waals surface area (Å²) in [4.78, 5) is 5.49. The van der Waals surface area contributed by atoms with E-state index in [4.69, 9.17) is 5.73 Å². The van der Waals surface area contributed by atoms with Crippen LogP contribution in [0.15, 0.2) is 0 Å². The van der Waals surface area contributed by atoms with Gasteiger partial charge in [0.1, 0.15) is 0 Å². The van der Waals surface area contributed by atoms with Gasteiger partial charge < -0.3 is 5.73 Å². The fourth-order valence-corrected chi connectivity index (χ4v) is 5.07. The minimum absolute atomic E-state index is 0.451. The van der Waals surface area contributed by atoms with Gasteiger partial charge in [0.05, 0.1) is 0 Å². The van der Waals surface area contributed by atoms with Crippen LogP contribution < -0.4 is 5.73 Å². The molecule has 5 unspecified atom stereocenters. The lowest BCUT2D eigenvalue weighted by atomic mass is 9.76. The second-order valence-corrected chi connectivity index (χ2v) is 7.99. The van der Waals surface area contributed by atoms with Crippen LogP contribution in [0, 0.1) is 11.8 Å². The second kappa shape index (κ2) is 6.97. The van der Waals surface area contributed by atoms with Crippen molar-refractivity contribution in [1.29, 1.82) is 0 Å². The third-order valence-electron chi connectivity index (χ3n) is 6.38. The topological polar surface area (TPSA) is 32.5 Å². The highest BCUT2D eigenvalue weighted by atomic mass is 15.3. The second-order valence-electron chi connectivity index (χ2n) is 7.99. The molecular formula is C18H35N3. The van der Waals surface area contributed by atoms with E-state index in [0.717, 1.165) is 23.9 Å². The van der Waals surface area contributed by atoms with Crippen molar-refractivity contribution in [3.63, 3.8) is 0 Å². The van der Waals surface area contributed by atoms with E-state index in [2.05, 4.69) is 23.6 Å². The molecule has 0 spiro atoms. The molecule has 3 aliphatic rings. The Morgan fingerprint density at radius 1 is 1.14 bits per heavy atom. The summed E-state index contributed by atoms with van der Waals surface area (Å²) in [6.07, 6.45) is 9.58. The highest BCUT2D eigenvalue weighted by Crippen LogP contribution is 2.33. The number of nitrogens with zero attached hydrogens (tertiary/aromatic N) is 2. The van der Waals surface area contributed by atoms with E-state index >= 15 is 0 Å². The van der Waals surface area contributed by atoms with Gasteiger partial charge in [-0.25, -0.2) is 0 Å². The molecule has 5 atom stereocenters. The lowest BCUT2D eigenvalue weighted by Gasteiger charge is -2.45. The summed E-state index contributed by atoms with van der Waals surface area (Å²) < 4.78 is 0. The van der Waals surface area contributed by atoms with E-state index in [-0.39, 0.29) is 0 Å². The summed E-state index contributed by atoms with van der Waals surface area (Å²) in [5.41, 5.74) is 6.47. The molecule has 3 rings (SSSR count). The molecule has 3 nitrogen and oxygen atoms in total. The molecule has 122 valence electrons. The van der Waals surface area contributed by atoms with Gasteiger partial charge in [-0.05, 0) is 57.4 Å². The van der Waals surface area contributed by atoms with Crippen LogP contribution in [0.3, 0.4) is 0 Å². The third kappa shape index (κ3) is 3.62. The van der Waals surface area contributed by atoms with Crippen LogP contribution in [-0.2, 0) is 0 Å². The Morgan fingerprint density at radius 3 is 2.81 bits per heavy atom. The summed E-state index contributed by atoms with van der Waals surface area (Å²) in [6, 6.07) is 2.01. The molecule has 3 heteroatoms.